The summed E-state index contributed by atoms with van der Waals surface area (Å²) in [6, 6.07) is 6.94. The van der Waals surface area contributed by atoms with Crippen LogP contribution in [0, 0.1) is 0 Å². The zero-order valence-electron chi connectivity index (χ0n) is 10.1. The summed E-state index contributed by atoms with van der Waals surface area (Å²) in [6.45, 7) is 0. The van der Waals surface area contributed by atoms with Crippen molar-refractivity contribution in [2.75, 3.05) is 17.7 Å². The van der Waals surface area contributed by atoms with Crippen LogP contribution in [0.4, 0.5) is 11.4 Å². The van der Waals surface area contributed by atoms with Gasteiger partial charge in [0.05, 0.1) is 11.3 Å². The molecule has 4 nitrogen and oxygen atoms in total. The van der Waals surface area contributed by atoms with Crippen LogP contribution in [0.1, 0.15) is 10.4 Å². The fourth-order valence-corrected chi connectivity index (χ4v) is 2.09. The van der Waals surface area contributed by atoms with E-state index < -0.39 is 0 Å². The SMILES string of the molecule is CNc1ccncc1C(=O)Nc1cc(Cl)ccc1Br. The lowest BCUT2D eigenvalue weighted by atomic mass is 10.2. The Balaban J connectivity index is 2.28. The standard InChI is InChI=1S/C13H11BrClN3O/c1-16-11-4-5-17-7-9(11)13(19)18-12-6-8(15)2-3-10(12)14/h2-7H,1H3,(H,16,17)(H,18,19). The van der Waals surface area contributed by atoms with Crippen molar-refractivity contribution >= 4 is 44.8 Å². The number of carbonyl (C=O) groups excluding carboxylic acids is 1. The van der Waals surface area contributed by atoms with Gasteiger partial charge in [0, 0.05) is 34.6 Å². The highest BCUT2D eigenvalue weighted by Crippen LogP contribution is 2.27. The highest BCUT2D eigenvalue weighted by Gasteiger charge is 2.12. The third-order valence-corrected chi connectivity index (χ3v) is 3.44. The number of nitrogens with one attached hydrogen (secondary N) is 2. The van der Waals surface area contributed by atoms with Gasteiger partial charge in [0.15, 0.2) is 0 Å². The highest BCUT2D eigenvalue weighted by molar-refractivity contribution is 9.10. The Bertz CT molecular complexity index is 619. The van der Waals surface area contributed by atoms with Crippen LogP contribution in [0.15, 0.2) is 41.1 Å². The third kappa shape index (κ3) is 3.24. The minimum Gasteiger partial charge on any atom is -0.387 e. The van der Waals surface area contributed by atoms with E-state index in [2.05, 4.69) is 31.5 Å². The van der Waals surface area contributed by atoms with Gasteiger partial charge in [0.25, 0.3) is 5.91 Å². The number of halogens is 2. The minimum absolute atomic E-state index is 0.250. The van der Waals surface area contributed by atoms with Crippen molar-refractivity contribution in [1.82, 2.24) is 4.98 Å². The molecular formula is C13H11BrClN3O. The van der Waals surface area contributed by atoms with Crippen molar-refractivity contribution in [2.45, 2.75) is 0 Å². The summed E-state index contributed by atoms with van der Waals surface area (Å²) < 4.78 is 0.764. The monoisotopic (exact) mass is 339 g/mol. The molecule has 0 aliphatic rings. The molecule has 0 fully saturated rings. The van der Waals surface area contributed by atoms with Crippen LogP contribution in [0.2, 0.25) is 5.02 Å². The van der Waals surface area contributed by atoms with E-state index in [1.54, 1.807) is 37.5 Å². The molecule has 0 spiro atoms. The number of carbonyl (C=O) groups is 1. The average molecular weight is 341 g/mol. The Kier molecular flexibility index (Phi) is 4.39. The number of anilines is 2. The summed E-state index contributed by atoms with van der Waals surface area (Å²) >= 11 is 9.27. The maximum absolute atomic E-state index is 12.2. The summed E-state index contributed by atoms with van der Waals surface area (Å²) in [7, 11) is 1.75. The number of amides is 1. The first-order valence-electron chi connectivity index (χ1n) is 5.50. The molecule has 0 saturated heterocycles. The summed E-state index contributed by atoms with van der Waals surface area (Å²) in [5, 5.41) is 6.30. The summed E-state index contributed by atoms with van der Waals surface area (Å²) in [5.41, 5.74) is 1.80. The van der Waals surface area contributed by atoms with E-state index in [9.17, 15) is 4.79 Å². The second kappa shape index (κ2) is 6.04. The number of aromatic nitrogens is 1. The lowest BCUT2D eigenvalue weighted by Crippen LogP contribution is -2.14. The molecule has 19 heavy (non-hydrogen) atoms. The van der Waals surface area contributed by atoms with E-state index in [0.29, 0.717) is 22.0 Å². The van der Waals surface area contributed by atoms with Crippen molar-refractivity contribution < 1.29 is 4.79 Å². The molecule has 98 valence electrons. The molecule has 0 aliphatic heterocycles. The van der Waals surface area contributed by atoms with Crippen LogP contribution < -0.4 is 10.6 Å². The van der Waals surface area contributed by atoms with Crippen molar-refractivity contribution in [2.24, 2.45) is 0 Å². The van der Waals surface area contributed by atoms with Crippen molar-refractivity contribution in [3.8, 4) is 0 Å². The zero-order valence-corrected chi connectivity index (χ0v) is 12.4. The second-order valence-electron chi connectivity index (χ2n) is 3.75. The quantitative estimate of drug-likeness (QED) is 0.894. The summed E-state index contributed by atoms with van der Waals surface area (Å²) in [5.74, 6) is -0.250. The Morgan fingerprint density at radius 1 is 1.32 bits per heavy atom. The summed E-state index contributed by atoms with van der Waals surface area (Å²) in [6.07, 6.45) is 3.14. The lowest BCUT2D eigenvalue weighted by molar-refractivity contribution is 0.102. The van der Waals surface area contributed by atoms with E-state index in [0.717, 1.165) is 4.47 Å². The molecule has 2 aromatic rings. The third-order valence-electron chi connectivity index (χ3n) is 2.51. The van der Waals surface area contributed by atoms with Gasteiger partial charge in [-0.15, -0.1) is 0 Å². The molecule has 0 bridgehead atoms. The number of rotatable bonds is 3. The van der Waals surface area contributed by atoms with E-state index in [1.807, 2.05) is 0 Å². The van der Waals surface area contributed by atoms with Crippen LogP contribution in [0.5, 0.6) is 0 Å². The second-order valence-corrected chi connectivity index (χ2v) is 5.04. The smallest absolute Gasteiger partial charge is 0.259 e. The first-order chi connectivity index (χ1) is 9.11. The normalized spacial score (nSPS) is 10.1. The Hall–Kier alpha value is -1.59. The fraction of sp³-hybridized carbons (Fsp3) is 0.0769. The molecule has 2 rings (SSSR count). The van der Waals surface area contributed by atoms with Gasteiger partial charge in [-0.05, 0) is 40.2 Å². The minimum atomic E-state index is -0.250. The summed E-state index contributed by atoms with van der Waals surface area (Å²) in [4.78, 5) is 16.2. The van der Waals surface area contributed by atoms with Gasteiger partial charge in [-0.25, -0.2) is 0 Å². The maximum Gasteiger partial charge on any atom is 0.259 e. The van der Waals surface area contributed by atoms with Crippen LogP contribution in [-0.4, -0.2) is 17.9 Å². The molecule has 1 aromatic heterocycles. The predicted molar refractivity (Wildman–Crippen MR) is 80.9 cm³/mol. The Labute approximate surface area is 124 Å². The van der Waals surface area contributed by atoms with Crippen LogP contribution in [0.25, 0.3) is 0 Å². The van der Waals surface area contributed by atoms with Crippen LogP contribution in [-0.2, 0) is 0 Å². The molecule has 6 heteroatoms. The predicted octanol–water partition coefficient (Wildman–Crippen LogP) is 3.79. The van der Waals surface area contributed by atoms with Gasteiger partial charge < -0.3 is 10.6 Å². The molecule has 0 aliphatic carbocycles. The largest absolute Gasteiger partial charge is 0.387 e. The zero-order chi connectivity index (χ0) is 13.8. The average Bonchev–Trinajstić information content (AvgIpc) is 2.42. The Morgan fingerprint density at radius 3 is 2.84 bits per heavy atom. The van der Waals surface area contributed by atoms with E-state index >= 15 is 0 Å². The van der Waals surface area contributed by atoms with Crippen LogP contribution >= 0.6 is 27.5 Å². The van der Waals surface area contributed by atoms with Gasteiger partial charge in [-0.1, -0.05) is 11.6 Å². The van der Waals surface area contributed by atoms with Crippen molar-refractivity contribution in [3.05, 3.63) is 51.7 Å². The number of benzene rings is 1. The van der Waals surface area contributed by atoms with Gasteiger partial charge in [0.1, 0.15) is 0 Å². The number of pyridine rings is 1. The van der Waals surface area contributed by atoms with E-state index in [1.165, 1.54) is 6.20 Å². The maximum atomic E-state index is 12.2. The first kappa shape index (κ1) is 13.8. The van der Waals surface area contributed by atoms with Gasteiger partial charge in [0.2, 0.25) is 0 Å². The van der Waals surface area contributed by atoms with Crippen molar-refractivity contribution in [1.29, 1.82) is 0 Å². The molecule has 1 aromatic carbocycles. The fourth-order valence-electron chi connectivity index (χ4n) is 1.58. The number of hydrogen-bond donors (Lipinski definition) is 2. The molecule has 0 unspecified atom stereocenters. The molecule has 0 atom stereocenters. The molecule has 0 radical (unpaired) electrons. The van der Waals surface area contributed by atoms with Gasteiger partial charge >= 0.3 is 0 Å². The highest BCUT2D eigenvalue weighted by atomic mass is 79.9. The van der Waals surface area contributed by atoms with Crippen LogP contribution in [0.3, 0.4) is 0 Å². The number of nitrogens with zero attached hydrogens (tertiary/aromatic N) is 1. The topological polar surface area (TPSA) is 54.0 Å². The molecule has 1 heterocycles. The van der Waals surface area contributed by atoms with Gasteiger partial charge in [-0.2, -0.15) is 0 Å². The lowest BCUT2D eigenvalue weighted by Gasteiger charge is -2.10. The van der Waals surface area contributed by atoms with E-state index in [-0.39, 0.29) is 5.91 Å². The Morgan fingerprint density at radius 2 is 2.11 bits per heavy atom. The molecule has 1 amide bonds. The van der Waals surface area contributed by atoms with Gasteiger partial charge in [-0.3, -0.25) is 9.78 Å². The number of hydrogen-bond acceptors (Lipinski definition) is 3. The first-order valence-corrected chi connectivity index (χ1v) is 6.67. The molecule has 0 saturated carbocycles. The van der Waals surface area contributed by atoms with Crippen molar-refractivity contribution in [3.63, 3.8) is 0 Å². The molecular weight excluding hydrogens is 330 g/mol. The molecule has 2 N–H and O–H groups in total. The van der Waals surface area contributed by atoms with E-state index in [4.69, 9.17) is 11.6 Å².